The Morgan fingerprint density at radius 1 is 1.19 bits per heavy atom. The summed E-state index contributed by atoms with van der Waals surface area (Å²) in [6.45, 7) is 4.78. The second kappa shape index (κ2) is 6.44. The van der Waals surface area contributed by atoms with Crippen molar-refractivity contribution >= 4 is 5.78 Å². The van der Waals surface area contributed by atoms with Crippen LogP contribution in [-0.4, -0.2) is 12.3 Å². The third-order valence-corrected chi connectivity index (χ3v) is 3.03. The fourth-order valence-electron chi connectivity index (χ4n) is 1.90. The van der Waals surface area contributed by atoms with Gasteiger partial charge in [-0.25, -0.2) is 0 Å². The molecule has 2 heteroatoms. The molecule has 0 saturated carbocycles. The fourth-order valence-corrected chi connectivity index (χ4v) is 1.90. The van der Waals surface area contributed by atoms with Crippen LogP contribution in [0.15, 0.2) is 24.3 Å². The van der Waals surface area contributed by atoms with Crippen molar-refractivity contribution in [3.8, 4) is 0 Å². The Morgan fingerprint density at radius 3 is 2.19 bits per heavy atom. The molecule has 1 aromatic rings. The van der Waals surface area contributed by atoms with E-state index in [1.165, 1.54) is 5.56 Å². The molecule has 2 nitrogen and oxygen atoms in total. The minimum Gasteiger partial charge on any atom is -0.330 e. The molecular formula is C14H21NO. The van der Waals surface area contributed by atoms with Gasteiger partial charge in [0.05, 0.1) is 0 Å². The van der Waals surface area contributed by atoms with E-state index in [1.807, 2.05) is 24.3 Å². The third-order valence-electron chi connectivity index (χ3n) is 3.03. The second-order valence-electron chi connectivity index (χ2n) is 4.11. The van der Waals surface area contributed by atoms with Gasteiger partial charge in [0.2, 0.25) is 0 Å². The molecule has 0 aliphatic heterocycles. The molecule has 0 spiro atoms. The van der Waals surface area contributed by atoms with E-state index in [-0.39, 0.29) is 11.7 Å². The van der Waals surface area contributed by atoms with Gasteiger partial charge in [-0.15, -0.1) is 0 Å². The summed E-state index contributed by atoms with van der Waals surface area (Å²) in [5.74, 6) is 0.435. The highest BCUT2D eigenvalue weighted by molar-refractivity contribution is 5.97. The van der Waals surface area contributed by atoms with Crippen molar-refractivity contribution in [3.63, 3.8) is 0 Å². The molecule has 0 atom stereocenters. The van der Waals surface area contributed by atoms with Crippen LogP contribution >= 0.6 is 0 Å². The maximum atomic E-state index is 12.1. The minimum atomic E-state index is 0.167. The van der Waals surface area contributed by atoms with Crippen LogP contribution in [0.25, 0.3) is 0 Å². The van der Waals surface area contributed by atoms with E-state index >= 15 is 0 Å². The molecule has 0 heterocycles. The average Bonchev–Trinajstić information content (AvgIpc) is 2.32. The Balaban J connectivity index is 2.76. The van der Waals surface area contributed by atoms with Gasteiger partial charge in [-0.2, -0.15) is 0 Å². The first kappa shape index (κ1) is 12.9. The number of ketones is 1. The predicted octanol–water partition coefficient (Wildman–Crippen LogP) is 2.81. The van der Waals surface area contributed by atoms with Crippen LogP contribution in [0.3, 0.4) is 0 Å². The molecule has 0 amide bonds. The van der Waals surface area contributed by atoms with Crippen LogP contribution in [0.4, 0.5) is 0 Å². The Morgan fingerprint density at radius 2 is 1.75 bits per heavy atom. The smallest absolute Gasteiger partial charge is 0.165 e. The van der Waals surface area contributed by atoms with E-state index in [4.69, 9.17) is 5.73 Å². The SMILES string of the molecule is CCC(CC)C(=O)c1ccc(CCN)cc1. The lowest BCUT2D eigenvalue weighted by molar-refractivity contribution is 0.0913. The van der Waals surface area contributed by atoms with Gasteiger partial charge in [-0.3, -0.25) is 4.79 Å². The number of rotatable bonds is 6. The van der Waals surface area contributed by atoms with Gasteiger partial charge < -0.3 is 5.73 Å². The number of carbonyl (C=O) groups is 1. The van der Waals surface area contributed by atoms with Gasteiger partial charge >= 0.3 is 0 Å². The highest BCUT2D eigenvalue weighted by Gasteiger charge is 2.15. The molecule has 1 rings (SSSR count). The first-order valence-electron chi connectivity index (χ1n) is 6.06. The second-order valence-corrected chi connectivity index (χ2v) is 4.11. The molecule has 0 aliphatic carbocycles. The number of Topliss-reactive ketones (excluding diaryl/α,β-unsaturated/α-hetero) is 1. The predicted molar refractivity (Wildman–Crippen MR) is 67.6 cm³/mol. The summed E-state index contributed by atoms with van der Waals surface area (Å²) in [4.78, 5) is 12.1. The molecule has 88 valence electrons. The molecule has 1 aromatic carbocycles. The van der Waals surface area contributed by atoms with Crippen LogP contribution < -0.4 is 5.73 Å². The topological polar surface area (TPSA) is 43.1 Å². The van der Waals surface area contributed by atoms with E-state index < -0.39 is 0 Å². The Bertz CT molecular complexity index is 325. The number of benzene rings is 1. The van der Waals surface area contributed by atoms with Crippen LogP contribution in [-0.2, 0) is 6.42 Å². The maximum Gasteiger partial charge on any atom is 0.165 e. The van der Waals surface area contributed by atoms with Gasteiger partial charge in [0, 0.05) is 11.5 Å². The number of nitrogens with two attached hydrogens (primary N) is 1. The average molecular weight is 219 g/mol. The van der Waals surface area contributed by atoms with Crippen LogP contribution in [0, 0.1) is 5.92 Å². The van der Waals surface area contributed by atoms with Crippen LogP contribution in [0.1, 0.15) is 42.6 Å². The summed E-state index contributed by atoms with van der Waals surface area (Å²) >= 11 is 0. The molecule has 2 N–H and O–H groups in total. The quantitative estimate of drug-likeness (QED) is 0.748. The van der Waals surface area contributed by atoms with Gasteiger partial charge in [0.1, 0.15) is 0 Å². The molecule has 0 aliphatic rings. The fraction of sp³-hybridized carbons (Fsp3) is 0.500. The summed E-state index contributed by atoms with van der Waals surface area (Å²) in [5.41, 5.74) is 7.51. The molecule has 0 bridgehead atoms. The largest absolute Gasteiger partial charge is 0.330 e. The summed E-state index contributed by atoms with van der Waals surface area (Å²) in [6, 6.07) is 7.85. The van der Waals surface area contributed by atoms with Crippen molar-refractivity contribution < 1.29 is 4.79 Å². The Labute approximate surface area is 97.9 Å². The van der Waals surface area contributed by atoms with Gasteiger partial charge in [0.25, 0.3) is 0 Å². The molecular weight excluding hydrogens is 198 g/mol. The van der Waals surface area contributed by atoms with Gasteiger partial charge in [-0.05, 0) is 31.4 Å². The van der Waals surface area contributed by atoms with Gasteiger partial charge in [-0.1, -0.05) is 38.1 Å². The Kier molecular flexibility index (Phi) is 5.20. The summed E-state index contributed by atoms with van der Waals surface area (Å²) in [5, 5.41) is 0. The monoisotopic (exact) mass is 219 g/mol. The van der Waals surface area contributed by atoms with Crippen LogP contribution in [0.5, 0.6) is 0 Å². The number of carbonyl (C=O) groups excluding carboxylic acids is 1. The van der Waals surface area contributed by atoms with E-state index in [0.29, 0.717) is 6.54 Å². The van der Waals surface area contributed by atoms with E-state index in [1.54, 1.807) is 0 Å². The van der Waals surface area contributed by atoms with Crippen molar-refractivity contribution in [2.24, 2.45) is 11.7 Å². The van der Waals surface area contributed by atoms with E-state index in [9.17, 15) is 4.79 Å². The zero-order valence-corrected chi connectivity index (χ0v) is 10.2. The van der Waals surface area contributed by atoms with Crippen molar-refractivity contribution in [1.82, 2.24) is 0 Å². The van der Waals surface area contributed by atoms with Crippen LogP contribution in [0.2, 0.25) is 0 Å². The highest BCUT2D eigenvalue weighted by atomic mass is 16.1. The maximum absolute atomic E-state index is 12.1. The van der Waals surface area contributed by atoms with Crippen molar-refractivity contribution in [3.05, 3.63) is 35.4 Å². The first-order valence-corrected chi connectivity index (χ1v) is 6.06. The lowest BCUT2D eigenvalue weighted by Gasteiger charge is -2.11. The lowest BCUT2D eigenvalue weighted by atomic mass is 9.92. The molecule has 0 fully saturated rings. The molecule has 0 unspecified atom stereocenters. The summed E-state index contributed by atoms with van der Waals surface area (Å²) < 4.78 is 0. The number of hydrogen-bond acceptors (Lipinski definition) is 2. The van der Waals surface area contributed by atoms with Crippen molar-refractivity contribution in [2.45, 2.75) is 33.1 Å². The lowest BCUT2D eigenvalue weighted by Crippen LogP contribution is -2.13. The normalized spacial score (nSPS) is 10.8. The highest BCUT2D eigenvalue weighted by Crippen LogP contribution is 2.16. The molecule has 0 radical (unpaired) electrons. The van der Waals surface area contributed by atoms with Crippen molar-refractivity contribution in [1.29, 1.82) is 0 Å². The zero-order chi connectivity index (χ0) is 12.0. The van der Waals surface area contributed by atoms with Crippen molar-refractivity contribution in [2.75, 3.05) is 6.54 Å². The van der Waals surface area contributed by atoms with E-state index in [2.05, 4.69) is 13.8 Å². The zero-order valence-electron chi connectivity index (χ0n) is 10.2. The van der Waals surface area contributed by atoms with Gasteiger partial charge in [0.15, 0.2) is 5.78 Å². The molecule has 0 saturated heterocycles. The standard InChI is InChI=1S/C14H21NO/c1-3-12(4-2)14(16)13-7-5-11(6-8-13)9-10-15/h5-8,12H,3-4,9-10,15H2,1-2H3. The Hall–Kier alpha value is -1.15. The van der Waals surface area contributed by atoms with E-state index in [0.717, 1.165) is 24.8 Å². The first-order chi connectivity index (χ1) is 7.72. The summed E-state index contributed by atoms with van der Waals surface area (Å²) in [7, 11) is 0. The minimum absolute atomic E-state index is 0.167. The molecule has 16 heavy (non-hydrogen) atoms. The number of hydrogen-bond donors (Lipinski definition) is 1. The molecule has 0 aromatic heterocycles. The summed E-state index contributed by atoms with van der Waals surface area (Å²) in [6.07, 6.45) is 2.71. The third kappa shape index (κ3) is 3.17.